The van der Waals surface area contributed by atoms with Crippen LogP contribution in [0.4, 0.5) is 32.2 Å². The number of halogens is 6. The predicted octanol–water partition coefficient (Wildman–Crippen LogP) is 3.32. The lowest BCUT2D eigenvalue weighted by atomic mass is 9.80. The Kier molecular flexibility index (Phi) is 11.2. The highest BCUT2D eigenvalue weighted by Gasteiger charge is 2.40. The van der Waals surface area contributed by atoms with Crippen molar-refractivity contribution in [2.24, 2.45) is 5.41 Å². The summed E-state index contributed by atoms with van der Waals surface area (Å²) in [6.45, 7) is 6.61. The lowest BCUT2D eigenvalue weighted by Gasteiger charge is -2.43. The van der Waals surface area contributed by atoms with Crippen molar-refractivity contribution < 1.29 is 50.9 Å². The average Bonchev–Trinajstić information content (AvgIpc) is 3.26. The van der Waals surface area contributed by atoms with Crippen molar-refractivity contribution in [3.63, 3.8) is 0 Å². The second-order valence-electron chi connectivity index (χ2n) is 8.38. The van der Waals surface area contributed by atoms with Crippen LogP contribution in [0, 0.1) is 5.41 Å². The van der Waals surface area contributed by atoms with Crippen molar-refractivity contribution >= 4 is 29.1 Å². The van der Waals surface area contributed by atoms with Gasteiger partial charge in [-0.15, -0.1) is 11.3 Å². The third-order valence-corrected chi connectivity index (χ3v) is 6.15. The number of rotatable bonds is 3. The van der Waals surface area contributed by atoms with Gasteiger partial charge in [-0.25, -0.2) is 19.6 Å². The van der Waals surface area contributed by atoms with Crippen LogP contribution in [0.3, 0.4) is 0 Å². The molecule has 2 aromatic rings. The number of nitrogens with zero attached hydrogens (tertiary/aromatic N) is 5. The van der Waals surface area contributed by atoms with Gasteiger partial charge in [-0.2, -0.15) is 26.3 Å². The summed E-state index contributed by atoms with van der Waals surface area (Å²) in [5.74, 6) is -4.56. The van der Waals surface area contributed by atoms with Gasteiger partial charge in [-0.05, 0) is 19.4 Å². The molecule has 1 unspecified atom stereocenters. The first kappa shape index (κ1) is 31.2. The summed E-state index contributed by atoms with van der Waals surface area (Å²) >= 11 is 1.74. The molecule has 2 fully saturated rings. The highest BCUT2D eigenvalue weighted by Crippen LogP contribution is 2.34. The molecule has 0 aromatic carbocycles. The van der Waals surface area contributed by atoms with Gasteiger partial charge in [0.2, 0.25) is 0 Å². The van der Waals surface area contributed by atoms with Crippen molar-refractivity contribution in [3.8, 4) is 0 Å². The molecule has 0 amide bonds. The van der Waals surface area contributed by atoms with E-state index in [1.807, 2.05) is 12.4 Å². The minimum absolute atomic E-state index is 0.170. The molecule has 17 heteroatoms. The van der Waals surface area contributed by atoms with Crippen LogP contribution in [-0.4, -0.2) is 93.7 Å². The molecule has 0 radical (unpaired) electrons. The van der Waals surface area contributed by atoms with E-state index in [1.165, 1.54) is 17.8 Å². The van der Waals surface area contributed by atoms with E-state index in [-0.39, 0.29) is 5.41 Å². The van der Waals surface area contributed by atoms with Gasteiger partial charge in [-0.3, -0.25) is 9.88 Å². The molecule has 0 aliphatic carbocycles. The van der Waals surface area contributed by atoms with Crippen LogP contribution in [-0.2, 0) is 20.9 Å². The molecule has 10 nitrogen and oxygen atoms in total. The number of likely N-dealkylation sites (tertiary alicyclic amines) is 1. The number of carbonyl (C=O) groups is 2. The highest BCUT2D eigenvalue weighted by atomic mass is 32.1. The topological polar surface area (TPSA) is 129 Å². The van der Waals surface area contributed by atoms with Gasteiger partial charge in [0.1, 0.15) is 10.8 Å². The van der Waals surface area contributed by atoms with E-state index in [1.54, 1.807) is 23.7 Å². The number of hydrogen-bond acceptors (Lipinski definition) is 9. The Hall–Kier alpha value is -3.05. The van der Waals surface area contributed by atoms with Gasteiger partial charge in [-0.1, -0.05) is 0 Å². The standard InChI is InChI=1S/C17H23N5OS.2C2HF3O2/c1-2-17(12-21(6-1)11-16-20-5-9-24-16)13-22(7-8-23-14-17)15-10-18-3-4-19-15;2*3-2(4,5)1(6)7/h3-5,9-10H,1-2,6-8,11-14H2;2*(H,6,7). The molecule has 4 heterocycles. The van der Waals surface area contributed by atoms with E-state index in [0.717, 1.165) is 51.8 Å². The van der Waals surface area contributed by atoms with E-state index in [9.17, 15) is 26.3 Å². The number of ether oxygens (including phenoxy) is 1. The van der Waals surface area contributed by atoms with Gasteiger partial charge in [0, 0.05) is 49.0 Å². The number of alkyl halides is 6. The lowest BCUT2D eigenvalue weighted by Crippen LogP contribution is -2.50. The maximum atomic E-state index is 10.6. The maximum absolute atomic E-state index is 10.6. The smallest absolute Gasteiger partial charge is 0.475 e. The molecule has 4 rings (SSSR count). The zero-order valence-electron chi connectivity index (χ0n) is 19.8. The first-order valence-electron chi connectivity index (χ1n) is 11.0. The molecule has 2 N–H and O–H groups in total. The quantitative estimate of drug-likeness (QED) is 0.528. The molecule has 2 aromatic heterocycles. The van der Waals surface area contributed by atoms with Crippen LogP contribution < -0.4 is 4.90 Å². The Morgan fingerprint density at radius 3 is 2.18 bits per heavy atom. The first-order chi connectivity index (χ1) is 17.7. The number of carboxylic acids is 2. The van der Waals surface area contributed by atoms with Crippen molar-refractivity contribution in [2.75, 3.05) is 44.3 Å². The summed E-state index contributed by atoms with van der Waals surface area (Å²) in [6, 6.07) is 0. The van der Waals surface area contributed by atoms with Gasteiger partial charge in [0.15, 0.2) is 0 Å². The number of aromatic nitrogens is 3. The molecule has 212 valence electrons. The Bertz CT molecular complexity index is 988. The predicted molar refractivity (Wildman–Crippen MR) is 122 cm³/mol. The summed E-state index contributed by atoms with van der Waals surface area (Å²) in [5, 5.41) is 17.5. The normalized spacial score (nSPS) is 20.4. The zero-order valence-corrected chi connectivity index (χ0v) is 20.6. The fraction of sp³-hybridized carbons (Fsp3) is 0.571. The molecule has 1 atom stereocenters. The minimum Gasteiger partial charge on any atom is -0.475 e. The number of anilines is 1. The summed E-state index contributed by atoms with van der Waals surface area (Å²) in [7, 11) is 0. The number of piperidine rings is 1. The summed E-state index contributed by atoms with van der Waals surface area (Å²) < 4.78 is 69.5. The Labute approximate surface area is 216 Å². The minimum atomic E-state index is -5.08. The molecule has 0 bridgehead atoms. The van der Waals surface area contributed by atoms with Crippen LogP contribution >= 0.6 is 11.3 Å². The SMILES string of the molecule is O=C(O)C(F)(F)F.O=C(O)C(F)(F)F.c1cnc(N2CCOCC3(CCCN(Cc4nccs4)C3)C2)cn1. The molecule has 1 spiro atoms. The van der Waals surface area contributed by atoms with Crippen LogP contribution in [0.1, 0.15) is 17.8 Å². The molecule has 2 saturated heterocycles. The fourth-order valence-corrected chi connectivity index (χ4v) is 4.51. The highest BCUT2D eigenvalue weighted by molar-refractivity contribution is 7.09. The largest absolute Gasteiger partial charge is 0.490 e. The number of aliphatic carboxylic acids is 2. The third-order valence-electron chi connectivity index (χ3n) is 5.38. The van der Waals surface area contributed by atoms with Crippen molar-refractivity contribution in [1.82, 2.24) is 19.9 Å². The third kappa shape index (κ3) is 10.4. The van der Waals surface area contributed by atoms with Gasteiger partial charge in [0.25, 0.3) is 0 Å². The van der Waals surface area contributed by atoms with Gasteiger partial charge in [0.05, 0.1) is 26.0 Å². The molecule has 2 aliphatic heterocycles. The van der Waals surface area contributed by atoms with Gasteiger partial charge >= 0.3 is 24.3 Å². The Balaban J connectivity index is 0.000000301. The summed E-state index contributed by atoms with van der Waals surface area (Å²) in [5.41, 5.74) is 0.170. The van der Waals surface area contributed by atoms with E-state index >= 15 is 0 Å². The van der Waals surface area contributed by atoms with Gasteiger partial charge < -0.3 is 19.8 Å². The molecule has 0 saturated carbocycles. The molecule has 2 aliphatic rings. The average molecular weight is 574 g/mol. The van der Waals surface area contributed by atoms with Crippen molar-refractivity contribution in [2.45, 2.75) is 31.7 Å². The number of hydrogen-bond donors (Lipinski definition) is 2. The molecular weight excluding hydrogens is 548 g/mol. The second kappa shape index (κ2) is 13.7. The van der Waals surface area contributed by atoms with E-state index in [4.69, 9.17) is 24.5 Å². The van der Waals surface area contributed by atoms with E-state index in [2.05, 4.69) is 30.1 Å². The van der Waals surface area contributed by atoms with E-state index in [0.29, 0.717) is 0 Å². The van der Waals surface area contributed by atoms with E-state index < -0.39 is 24.3 Å². The van der Waals surface area contributed by atoms with Crippen LogP contribution in [0.2, 0.25) is 0 Å². The van der Waals surface area contributed by atoms with Crippen LogP contribution in [0.15, 0.2) is 30.2 Å². The number of thiazole rings is 1. The maximum Gasteiger partial charge on any atom is 0.490 e. The Morgan fingerprint density at radius 2 is 1.66 bits per heavy atom. The van der Waals surface area contributed by atoms with Crippen LogP contribution in [0.25, 0.3) is 0 Å². The van der Waals surface area contributed by atoms with Crippen molar-refractivity contribution in [1.29, 1.82) is 0 Å². The van der Waals surface area contributed by atoms with Crippen LogP contribution in [0.5, 0.6) is 0 Å². The lowest BCUT2D eigenvalue weighted by molar-refractivity contribution is -0.193. The molecule has 38 heavy (non-hydrogen) atoms. The fourth-order valence-electron chi connectivity index (χ4n) is 3.86. The number of carboxylic acid groups (broad SMARTS) is 2. The monoisotopic (exact) mass is 573 g/mol. The zero-order chi connectivity index (χ0) is 28.4. The Morgan fingerprint density at radius 1 is 1.00 bits per heavy atom. The second-order valence-corrected chi connectivity index (χ2v) is 9.36. The summed E-state index contributed by atoms with van der Waals surface area (Å²) in [6.07, 6.45) is -0.506. The first-order valence-corrected chi connectivity index (χ1v) is 11.9. The molecular formula is C21H25F6N5O5S. The summed E-state index contributed by atoms with van der Waals surface area (Å²) in [4.78, 5) is 35.8. The van der Waals surface area contributed by atoms with Crippen molar-refractivity contribution in [3.05, 3.63) is 35.2 Å².